The first-order valence-electron chi connectivity index (χ1n) is 5.77. The Labute approximate surface area is 114 Å². The maximum absolute atomic E-state index is 13.9. The fourth-order valence-electron chi connectivity index (χ4n) is 1.69. The molecule has 100 valence electrons. The summed E-state index contributed by atoms with van der Waals surface area (Å²) in [5.41, 5.74) is 6.85. The number of aryl methyl sites for hydroxylation is 1. The Hall–Kier alpha value is -1.66. The highest BCUT2D eigenvalue weighted by molar-refractivity contribution is 7.99. The van der Waals surface area contributed by atoms with Gasteiger partial charge in [0.15, 0.2) is 5.16 Å². The molecule has 0 radical (unpaired) electrons. The summed E-state index contributed by atoms with van der Waals surface area (Å²) < 4.78 is 13.9. The summed E-state index contributed by atoms with van der Waals surface area (Å²) in [4.78, 5) is 18.5. The number of nitrogens with two attached hydrogens (primary N) is 1. The SMILES string of the molecule is Cc1cc(=O)[nH]c(Sc2c(F)cccc2[C@@H](C)N)n1. The molecule has 0 aliphatic heterocycles. The predicted octanol–water partition coefficient (Wildman–Crippen LogP) is 2.39. The Morgan fingerprint density at radius 3 is 2.84 bits per heavy atom. The number of H-pyrrole nitrogens is 1. The van der Waals surface area contributed by atoms with Gasteiger partial charge in [0.1, 0.15) is 5.82 Å². The number of hydrogen-bond donors (Lipinski definition) is 2. The molecule has 1 aromatic heterocycles. The van der Waals surface area contributed by atoms with Crippen molar-refractivity contribution in [1.82, 2.24) is 9.97 Å². The zero-order valence-electron chi connectivity index (χ0n) is 10.6. The van der Waals surface area contributed by atoms with Crippen molar-refractivity contribution in [3.8, 4) is 0 Å². The molecular weight excluding hydrogens is 265 g/mol. The Bertz CT molecular complexity index is 655. The second-order valence-electron chi connectivity index (χ2n) is 4.24. The van der Waals surface area contributed by atoms with Crippen molar-refractivity contribution < 1.29 is 4.39 Å². The molecule has 1 atom stereocenters. The lowest BCUT2D eigenvalue weighted by Gasteiger charge is -2.12. The molecule has 0 spiro atoms. The summed E-state index contributed by atoms with van der Waals surface area (Å²) in [5.74, 6) is -0.371. The summed E-state index contributed by atoms with van der Waals surface area (Å²) in [5, 5.41) is 0.358. The van der Waals surface area contributed by atoms with Gasteiger partial charge in [-0.1, -0.05) is 12.1 Å². The summed E-state index contributed by atoms with van der Waals surface area (Å²) in [6, 6.07) is 5.84. The molecule has 6 heteroatoms. The Morgan fingerprint density at radius 2 is 2.21 bits per heavy atom. The van der Waals surface area contributed by atoms with Crippen LogP contribution in [0.5, 0.6) is 0 Å². The van der Waals surface area contributed by atoms with E-state index in [4.69, 9.17) is 5.73 Å². The molecule has 0 saturated heterocycles. The highest BCUT2D eigenvalue weighted by Gasteiger charge is 2.14. The third kappa shape index (κ3) is 3.21. The van der Waals surface area contributed by atoms with E-state index in [-0.39, 0.29) is 17.4 Å². The van der Waals surface area contributed by atoms with Gasteiger partial charge in [-0.3, -0.25) is 4.79 Å². The van der Waals surface area contributed by atoms with E-state index in [1.165, 1.54) is 12.1 Å². The molecule has 0 aliphatic carbocycles. The average molecular weight is 279 g/mol. The Balaban J connectivity index is 2.45. The lowest BCUT2D eigenvalue weighted by atomic mass is 10.1. The summed E-state index contributed by atoms with van der Waals surface area (Å²) in [6.07, 6.45) is 0. The topological polar surface area (TPSA) is 71.8 Å². The first-order valence-corrected chi connectivity index (χ1v) is 6.59. The zero-order valence-corrected chi connectivity index (χ0v) is 11.4. The maximum Gasteiger partial charge on any atom is 0.251 e. The smallest absolute Gasteiger partial charge is 0.251 e. The monoisotopic (exact) mass is 279 g/mol. The van der Waals surface area contributed by atoms with Gasteiger partial charge in [0.2, 0.25) is 0 Å². The van der Waals surface area contributed by atoms with E-state index in [1.807, 2.05) is 0 Å². The molecule has 2 aromatic rings. The normalized spacial score (nSPS) is 12.4. The second-order valence-corrected chi connectivity index (χ2v) is 5.24. The molecular formula is C13H14FN3OS. The molecule has 1 aromatic carbocycles. The van der Waals surface area contributed by atoms with Crippen molar-refractivity contribution in [3.63, 3.8) is 0 Å². The minimum Gasteiger partial charge on any atom is -0.324 e. The summed E-state index contributed by atoms with van der Waals surface area (Å²) >= 11 is 1.08. The second kappa shape index (κ2) is 5.54. The molecule has 0 unspecified atom stereocenters. The Kier molecular flexibility index (Phi) is 4.01. The van der Waals surface area contributed by atoms with Crippen molar-refractivity contribution in [2.24, 2.45) is 5.73 Å². The molecule has 0 amide bonds. The van der Waals surface area contributed by atoms with Gasteiger partial charge in [-0.2, -0.15) is 0 Å². The molecule has 0 bridgehead atoms. The standard InChI is InChI=1S/C13H14FN3OS/c1-7-6-11(18)17-13(16-7)19-12-9(8(2)15)4-3-5-10(12)14/h3-6,8H,15H2,1-2H3,(H,16,17,18)/t8-/m1/s1. The van der Waals surface area contributed by atoms with Crippen LogP contribution in [0.4, 0.5) is 4.39 Å². The van der Waals surface area contributed by atoms with Gasteiger partial charge in [-0.05, 0) is 37.2 Å². The number of nitrogens with zero attached hydrogens (tertiary/aromatic N) is 1. The van der Waals surface area contributed by atoms with E-state index in [2.05, 4.69) is 9.97 Å². The quantitative estimate of drug-likeness (QED) is 0.846. The fraction of sp³-hybridized carbons (Fsp3) is 0.231. The average Bonchev–Trinajstić information content (AvgIpc) is 2.30. The molecule has 3 N–H and O–H groups in total. The van der Waals surface area contributed by atoms with Crippen LogP contribution in [0.25, 0.3) is 0 Å². The Morgan fingerprint density at radius 1 is 1.47 bits per heavy atom. The predicted molar refractivity (Wildman–Crippen MR) is 72.7 cm³/mol. The van der Waals surface area contributed by atoms with Crippen LogP contribution in [-0.2, 0) is 0 Å². The van der Waals surface area contributed by atoms with E-state index < -0.39 is 0 Å². The number of aromatic nitrogens is 2. The highest BCUT2D eigenvalue weighted by atomic mass is 32.2. The van der Waals surface area contributed by atoms with Crippen molar-refractivity contribution in [3.05, 3.63) is 51.7 Å². The highest BCUT2D eigenvalue weighted by Crippen LogP contribution is 2.32. The zero-order chi connectivity index (χ0) is 14.0. The van der Waals surface area contributed by atoms with Crippen LogP contribution in [0.2, 0.25) is 0 Å². The van der Waals surface area contributed by atoms with Gasteiger partial charge < -0.3 is 10.7 Å². The molecule has 1 heterocycles. The number of benzene rings is 1. The number of nitrogens with one attached hydrogen (secondary N) is 1. The molecule has 19 heavy (non-hydrogen) atoms. The summed E-state index contributed by atoms with van der Waals surface area (Å²) in [7, 11) is 0. The lowest BCUT2D eigenvalue weighted by Crippen LogP contribution is -2.10. The molecule has 0 fully saturated rings. The number of halogens is 1. The van der Waals surface area contributed by atoms with Crippen molar-refractivity contribution in [1.29, 1.82) is 0 Å². The third-order valence-corrected chi connectivity index (χ3v) is 3.56. The number of aromatic amines is 1. The van der Waals surface area contributed by atoms with Crippen LogP contribution in [0, 0.1) is 12.7 Å². The van der Waals surface area contributed by atoms with Gasteiger partial charge >= 0.3 is 0 Å². The van der Waals surface area contributed by atoms with Crippen LogP contribution in [0.1, 0.15) is 24.2 Å². The first-order chi connectivity index (χ1) is 8.97. The van der Waals surface area contributed by atoms with E-state index in [9.17, 15) is 9.18 Å². The van der Waals surface area contributed by atoms with Crippen LogP contribution in [-0.4, -0.2) is 9.97 Å². The fourth-order valence-corrected chi connectivity index (χ4v) is 2.76. The third-order valence-electron chi connectivity index (χ3n) is 2.53. The number of rotatable bonds is 3. The van der Waals surface area contributed by atoms with E-state index in [0.717, 1.165) is 11.8 Å². The number of hydrogen-bond acceptors (Lipinski definition) is 4. The minimum absolute atomic E-state index is 0.256. The molecule has 0 aliphatic rings. The molecule has 2 rings (SSSR count). The molecule has 4 nitrogen and oxygen atoms in total. The summed E-state index contributed by atoms with van der Waals surface area (Å²) in [6.45, 7) is 3.50. The van der Waals surface area contributed by atoms with Crippen LogP contribution >= 0.6 is 11.8 Å². The van der Waals surface area contributed by atoms with E-state index in [1.54, 1.807) is 26.0 Å². The molecule has 0 saturated carbocycles. The minimum atomic E-state index is -0.371. The lowest BCUT2D eigenvalue weighted by molar-refractivity contribution is 0.591. The van der Waals surface area contributed by atoms with Crippen molar-refractivity contribution in [2.45, 2.75) is 29.9 Å². The van der Waals surface area contributed by atoms with Crippen molar-refractivity contribution in [2.75, 3.05) is 0 Å². The van der Waals surface area contributed by atoms with Crippen LogP contribution in [0.3, 0.4) is 0 Å². The van der Waals surface area contributed by atoms with Gasteiger partial charge in [0, 0.05) is 17.8 Å². The van der Waals surface area contributed by atoms with E-state index in [0.29, 0.717) is 21.3 Å². The first kappa shape index (κ1) is 13.8. The van der Waals surface area contributed by atoms with Crippen molar-refractivity contribution >= 4 is 11.8 Å². The van der Waals surface area contributed by atoms with Gasteiger partial charge in [-0.25, -0.2) is 9.37 Å². The maximum atomic E-state index is 13.9. The van der Waals surface area contributed by atoms with E-state index >= 15 is 0 Å². The van der Waals surface area contributed by atoms with Gasteiger partial charge in [-0.15, -0.1) is 0 Å². The van der Waals surface area contributed by atoms with Crippen LogP contribution < -0.4 is 11.3 Å². The van der Waals surface area contributed by atoms with Gasteiger partial charge in [0.25, 0.3) is 5.56 Å². The largest absolute Gasteiger partial charge is 0.324 e. The van der Waals surface area contributed by atoms with Gasteiger partial charge in [0.05, 0.1) is 4.90 Å². The van der Waals surface area contributed by atoms with Crippen LogP contribution in [0.15, 0.2) is 39.1 Å².